The van der Waals surface area contributed by atoms with Gasteiger partial charge in [-0.25, -0.2) is 0 Å². The van der Waals surface area contributed by atoms with Crippen LogP contribution in [-0.4, -0.2) is 69.7 Å². The van der Waals surface area contributed by atoms with Crippen molar-refractivity contribution < 1.29 is 24.9 Å². The van der Waals surface area contributed by atoms with Gasteiger partial charge in [-0.05, 0) is 13.0 Å². The fraction of sp³-hybridized carbons (Fsp3) is 0.917. The van der Waals surface area contributed by atoms with E-state index in [-0.39, 0.29) is 25.0 Å². The van der Waals surface area contributed by atoms with E-state index in [0.29, 0.717) is 6.54 Å². The van der Waals surface area contributed by atoms with Crippen LogP contribution in [0.1, 0.15) is 26.2 Å². The largest absolute Gasteiger partial charge is 0.458 e. The average molecular weight is 259 g/mol. The number of aliphatic hydroxyl groups is 3. The molecule has 0 bridgehead atoms. The lowest BCUT2D eigenvalue weighted by molar-refractivity contribution is -0.171. The van der Waals surface area contributed by atoms with Crippen LogP contribution < -0.4 is 0 Å². The molecule has 104 valence electrons. The third-order valence-corrected chi connectivity index (χ3v) is 3.91. The molecule has 0 radical (unpaired) electrons. The van der Waals surface area contributed by atoms with E-state index >= 15 is 0 Å². The Morgan fingerprint density at radius 2 is 2.11 bits per heavy atom. The maximum absolute atomic E-state index is 11.4. The Balaban J connectivity index is 2.19. The number of nitrogens with zero attached hydrogens (tertiary/aromatic N) is 1. The molecule has 0 spiro atoms. The predicted molar refractivity (Wildman–Crippen MR) is 62.8 cm³/mol. The van der Waals surface area contributed by atoms with Gasteiger partial charge in [-0.1, -0.05) is 13.3 Å². The molecule has 2 aliphatic heterocycles. The summed E-state index contributed by atoms with van der Waals surface area (Å²) < 4.78 is 5.08. The van der Waals surface area contributed by atoms with E-state index in [4.69, 9.17) is 4.74 Å². The van der Waals surface area contributed by atoms with Crippen LogP contribution in [0.5, 0.6) is 0 Å². The Bertz CT molecular complexity index is 311. The van der Waals surface area contributed by atoms with Gasteiger partial charge in [0, 0.05) is 0 Å². The Hall–Kier alpha value is -0.690. The van der Waals surface area contributed by atoms with E-state index in [0.717, 1.165) is 12.8 Å². The Morgan fingerprint density at radius 3 is 2.72 bits per heavy atom. The number of esters is 1. The van der Waals surface area contributed by atoms with Gasteiger partial charge in [-0.2, -0.15) is 0 Å². The van der Waals surface area contributed by atoms with Gasteiger partial charge < -0.3 is 20.1 Å². The first-order valence-electron chi connectivity index (χ1n) is 6.52. The van der Waals surface area contributed by atoms with E-state index in [1.165, 1.54) is 0 Å². The molecule has 6 heteroatoms. The van der Waals surface area contributed by atoms with Crippen molar-refractivity contribution >= 4 is 5.97 Å². The SMILES string of the molecule is CCCCN1[C@H](CO)[C@@H](O)[C@H](O)[C@H]2OC(=O)C[C@H]21. The fourth-order valence-electron chi connectivity index (χ4n) is 2.92. The van der Waals surface area contributed by atoms with Crippen molar-refractivity contribution in [2.24, 2.45) is 0 Å². The molecule has 18 heavy (non-hydrogen) atoms. The summed E-state index contributed by atoms with van der Waals surface area (Å²) in [5.74, 6) is -0.351. The van der Waals surface area contributed by atoms with Gasteiger partial charge in [0.2, 0.25) is 0 Å². The third-order valence-electron chi connectivity index (χ3n) is 3.91. The van der Waals surface area contributed by atoms with E-state index in [1.54, 1.807) is 0 Å². The summed E-state index contributed by atoms with van der Waals surface area (Å²) in [6.07, 6.45) is -0.757. The van der Waals surface area contributed by atoms with Gasteiger partial charge in [0.1, 0.15) is 18.3 Å². The molecule has 6 nitrogen and oxygen atoms in total. The number of ether oxygens (including phenoxy) is 1. The number of likely N-dealkylation sites (tertiary alicyclic amines) is 1. The van der Waals surface area contributed by atoms with Crippen molar-refractivity contribution in [1.29, 1.82) is 0 Å². The highest BCUT2D eigenvalue weighted by molar-refractivity contribution is 5.73. The van der Waals surface area contributed by atoms with Gasteiger partial charge in [-0.15, -0.1) is 0 Å². The molecule has 0 unspecified atom stereocenters. The number of hydrogen-bond acceptors (Lipinski definition) is 6. The number of hydrogen-bond donors (Lipinski definition) is 3. The van der Waals surface area contributed by atoms with E-state index in [1.807, 2.05) is 4.90 Å². The summed E-state index contributed by atoms with van der Waals surface area (Å²) in [4.78, 5) is 13.3. The van der Waals surface area contributed by atoms with Crippen LogP contribution in [0.2, 0.25) is 0 Å². The minimum Gasteiger partial charge on any atom is -0.458 e. The van der Waals surface area contributed by atoms with Crippen molar-refractivity contribution in [3.63, 3.8) is 0 Å². The second kappa shape index (κ2) is 5.52. The molecule has 0 saturated carbocycles. The minimum absolute atomic E-state index is 0.217. The number of piperidine rings is 1. The molecule has 2 aliphatic rings. The zero-order valence-corrected chi connectivity index (χ0v) is 10.5. The van der Waals surface area contributed by atoms with Crippen LogP contribution in [0.3, 0.4) is 0 Å². The van der Waals surface area contributed by atoms with Gasteiger partial charge >= 0.3 is 5.97 Å². The van der Waals surface area contributed by atoms with E-state index in [2.05, 4.69) is 6.92 Å². The molecule has 0 aliphatic carbocycles. The standard InChI is InChI=1S/C12H21NO5/c1-2-3-4-13-7-5-9(15)18-12(7)11(17)10(16)8(13)6-14/h7-8,10-12,14,16-17H,2-6H2,1H3/t7-,8-,10-,11+,12+/m1/s1. The van der Waals surface area contributed by atoms with Crippen molar-refractivity contribution in [1.82, 2.24) is 4.90 Å². The highest BCUT2D eigenvalue weighted by atomic mass is 16.6. The first-order valence-corrected chi connectivity index (χ1v) is 6.52. The Kier molecular flexibility index (Phi) is 4.21. The number of fused-ring (bicyclic) bond motifs is 1. The molecule has 2 rings (SSSR count). The van der Waals surface area contributed by atoms with Crippen molar-refractivity contribution in [2.75, 3.05) is 13.2 Å². The van der Waals surface area contributed by atoms with Crippen molar-refractivity contribution in [3.8, 4) is 0 Å². The van der Waals surface area contributed by atoms with Gasteiger partial charge in [0.25, 0.3) is 0 Å². The first-order chi connectivity index (χ1) is 8.60. The second-order valence-corrected chi connectivity index (χ2v) is 5.05. The molecule has 5 atom stereocenters. The number of carbonyl (C=O) groups is 1. The summed E-state index contributed by atoms with van der Waals surface area (Å²) >= 11 is 0. The molecule has 2 fully saturated rings. The quantitative estimate of drug-likeness (QED) is 0.553. The lowest BCUT2D eigenvalue weighted by Gasteiger charge is -2.46. The van der Waals surface area contributed by atoms with Crippen molar-refractivity contribution in [3.05, 3.63) is 0 Å². The van der Waals surface area contributed by atoms with Gasteiger partial charge in [0.15, 0.2) is 0 Å². The fourth-order valence-corrected chi connectivity index (χ4v) is 2.92. The zero-order valence-electron chi connectivity index (χ0n) is 10.5. The molecule has 0 aromatic heterocycles. The second-order valence-electron chi connectivity index (χ2n) is 5.05. The topological polar surface area (TPSA) is 90.2 Å². The molecule has 3 N–H and O–H groups in total. The molecule has 0 aromatic rings. The van der Waals surface area contributed by atoms with Crippen LogP contribution in [0.15, 0.2) is 0 Å². The summed E-state index contributed by atoms with van der Waals surface area (Å²) in [6, 6.07) is -0.762. The van der Waals surface area contributed by atoms with Crippen molar-refractivity contribution in [2.45, 2.75) is 56.6 Å². The lowest BCUT2D eigenvalue weighted by Crippen LogP contribution is -2.66. The average Bonchev–Trinajstić information content (AvgIpc) is 2.74. The van der Waals surface area contributed by atoms with Crippen LogP contribution >= 0.6 is 0 Å². The van der Waals surface area contributed by atoms with Gasteiger partial charge in [-0.3, -0.25) is 9.69 Å². The number of unbranched alkanes of at least 4 members (excludes halogenated alkanes) is 1. The smallest absolute Gasteiger partial charge is 0.307 e. The normalized spacial score (nSPS) is 40.7. The molecular weight excluding hydrogens is 238 g/mol. The molecular formula is C12H21NO5. The molecule has 0 amide bonds. The van der Waals surface area contributed by atoms with E-state index < -0.39 is 24.4 Å². The van der Waals surface area contributed by atoms with Crippen LogP contribution in [0.4, 0.5) is 0 Å². The molecule has 2 heterocycles. The molecule has 0 aromatic carbocycles. The highest BCUT2D eigenvalue weighted by Crippen LogP contribution is 2.33. The summed E-state index contributed by atoms with van der Waals surface area (Å²) in [5.41, 5.74) is 0. The minimum atomic E-state index is -1.11. The highest BCUT2D eigenvalue weighted by Gasteiger charge is 2.53. The zero-order chi connectivity index (χ0) is 13.3. The first kappa shape index (κ1) is 13.7. The van der Waals surface area contributed by atoms with Crippen LogP contribution in [0.25, 0.3) is 0 Å². The van der Waals surface area contributed by atoms with E-state index in [9.17, 15) is 20.1 Å². The lowest BCUT2D eigenvalue weighted by atomic mass is 9.87. The monoisotopic (exact) mass is 259 g/mol. The van der Waals surface area contributed by atoms with Crippen LogP contribution in [0, 0.1) is 0 Å². The maximum Gasteiger partial charge on any atom is 0.307 e. The maximum atomic E-state index is 11.4. The summed E-state index contributed by atoms with van der Waals surface area (Å²) in [5, 5.41) is 29.3. The number of carbonyl (C=O) groups excluding carboxylic acids is 1. The summed E-state index contributed by atoms with van der Waals surface area (Å²) in [7, 11) is 0. The van der Waals surface area contributed by atoms with Crippen LogP contribution in [-0.2, 0) is 9.53 Å². The predicted octanol–water partition coefficient (Wildman–Crippen LogP) is -1.13. The molecule has 2 saturated heterocycles. The Morgan fingerprint density at radius 1 is 1.39 bits per heavy atom. The Labute approximate surface area is 106 Å². The van der Waals surface area contributed by atoms with Gasteiger partial charge in [0.05, 0.1) is 25.1 Å². The number of aliphatic hydroxyl groups excluding tert-OH is 3. The summed E-state index contributed by atoms with van der Waals surface area (Å²) in [6.45, 7) is 2.50. The number of rotatable bonds is 4. The third kappa shape index (κ3) is 2.25.